The van der Waals surface area contributed by atoms with E-state index >= 15 is 0 Å². The average Bonchev–Trinajstić information content (AvgIpc) is 2.56. The molecular formula is C18H22ClN3O3S. The Labute approximate surface area is 159 Å². The number of rotatable bonds is 6. The molecule has 0 bridgehead atoms. The minimum absolute atomic E-state index is 0.327. The zero-order chi connectivity index (χ0) is 19.5. The first-order chi connectivity index (χ1) is 12.1. The van der Waals surface area contributed by atoms with E-state index in [1.165, 1.54) is 0 Å². The molecule has 0 aliphatic carbocycles. The Morgan fingerprint density at radius 2 is 1.65 bits per heavy atom. The number of carbonyl (C=O) groups excluding carboxylic acids is 1. The second kappa shape index (κ2) is 7.97. The minimum atomic E-state index is -3.62. The maximum atomic E-state index is 12.4. The molecule has 2 aromatic carbocycles. The molecule has 0 aliphatic rings. The van der Waals surface area contributed by atoms with Crippen molar-refractivity contribution in [3.05, 3.63) is 53.1 Å². The molecule has 0 spiro atoms. The van der Waals surface area contributed by atoms with Gasteiger partial charge in [0.15, 0.2) is 0 Å². The molecule has 1 N–H and O–H groups in total. The van der Waals surface area contributed by atoms with Gasteiger partial charge in [-0.3, -0.25) is 9.10 Å². The maximum absolute atomic E-state index is 12.4. The van der Waals surface area contributed by atoms with Crippen molar-refractivity contribution in [3.63, 3.8) is 0 Å². The van der Waals surface area contributed by atoms with E-state index in [0.29, 0.717) is 16.4 Å². The van der Waals surface area contributed by atoms with E-state index < -0.39 is 15.9 Å². The van der Waals surface area contributed by atoms with Crippen molar-refractivity contribution in [1.29, 1.82) is 0 Å². The fourth-order valence-corrected chi connectivity index (χ4v) is 3.41. The van der Waals surface area contributed by atoms with Crippen molar-refractivity contribution in [2.24, 2.45) is 0 Å². The summed E-state index contributed by atoms with van der Waals surface area (Å²) < 4.78 is 25.4. The van der Waals surface area contributed by atoms with Crippen LogP contribution in [-0.2, 0) is 14.8 Å². The van der Waals surface area contributed by atoms with Gasteiger partial charge < -0.3 is 10.2 Å². The van der Waals surface area contributed by atoms with E-state index in [1.807, 2.05) is 19.0 Å². The predicted molar refractivity (Wildman–Crippen MR) is 108 cm³/mol. The minimum Gasteiger partial charge on any atom is -0.378 e. The van der Waals surface area contributed by atoms with Gasteiger partial charge in [0.1, 0.15) is 6.54 Å². The summed E-state index contributed by atoms with van der Waals surface area (Å²) in [6, 6.07) is 12.1. The summed E-state index contributed by atoms with van der Waals surface area (Å²) in [6.07, 6.45) is 1.07. The van der Waals surface area contributed by atoms with E-state index in [2.05, 4.69) is 5.32 Å². The van der Waals surface area contributed by atoms with Crippen LogP contribution < -0.4 is 14.5 Å². The normalized spacial score (nSPS) is 11.1. The molecule has 26 heavy (non-hydrogen) atoms. The van der Waals surface area contributed by atoms with Gasteiger partial charge in [-0.1, -0.05) is 17.7 Å². The zero-order valence-electron chi connectivity index (χ0n) is 15.2. The first kappa shape index (κ1) is 20.1. The van der Waals surface area contributed by atoms with Gasteiger partial charge in [-0.2, -0.15) is 0 Å². The Morgan fingerprint density at radius 1 is 1.08 bits per heavy atom. The number of sulfonamides is 1. The monoisotopic (exact) mass is 395 g/mol. The molecule has 6 nitrogen and oxygen atoms in total. The Morgan fingerprint density at radius 3 is 2.19 bits per heavy atom. The van der Waals surface area contributed by atoms with Gasteiger partial charge in [0.25, 0.3) is 0 Å². The van der Waals surface area contributed by atoms with Crippen LogP contribution in [0.15, 0.2) is 42.5 Å². The molecule has 0 atom stereocenters. The highest BCUT2D eigenvalue weighted by atomic mass is 35.5. The van der Waals surface area contributed by atoms with Gasteiger partial charge >= 0.3 is 0 Å². The summed E-state index contributed by atoms with van der Waals surface area (Å²) in [5, 5.41) is 3.24. The second-order valence-corrected chi connectivity index (χ2v) is 8.46. The molecule has 2 rings (SSSR count). The number of halogens is 1. The molecule has 0 saturated carbocycles. The van der Waals surface area contributed by atoms with E-state index in [1.54, 1.807) is 49.4 Å². The lowest BCUT2D eigenvalue weighted by Crippen LogP contribution is -2.37. The summed E-state index contributed by atoms with van der Waals surface area (Å²) in [5.74, 6) is -0.447. The quantitative estimate of drug-likeness (QED) is 0.815. The lowest BCUT2D eigenvalue weighted by molar-refractivity contribution is -0.114. The van der Waals surface area contributed by atoms with Crippen LogP contribution in [0.1, 0.15) is 5.56 Å². The molecule has 0 aliphatic heterocycles. The number of hydrogen-bond acceptors (Lipinski definition) is 4. The zero-order valence-corrected chi connectivity index (χ0v) is 16.7. The van der Waals surface area contributed by atoms with Crippen LogP contribution in [0, 0.1) is 6.92 Å². The number of amides is 1. The number of carbonyl (C=O) groups is 1. The Balaban J connectivity index is 2.23. The van der Waals surface area contributed by atoms with Crippen molar-refractivity contribution in [3.8, 4) is 0 Å². The topological polar surface area (TPSA) is 69.7 Å². The lowest BCUT2D eigenvalue weighted by atomic mass is 10.2. The SMILES string of the molecule is Cc1c(Cl)cccc1NC(=O)CN(c1ccc(N(C)C)cc1)S(C)(=O)=O. The van der Waals surface area contributed by atoms with E-state index in [9.17, 15) is 13.2 Å². The van der Waals surface area contributed by atoms with Crippen molar-refractivity contribution < 1.29 is 13.2 Å². The molecule has 0 heterocycles. The van der Waals surface area contributed by atoms with Crippen LogP contribution in [0.2, 0.25) is 5.02 Å². The molecule has 0 radical (unpaired) electrons. The smallest absolute Gasteiger partial charge is 0.245 e. The third kappa shape index (κ3) is 4.89. The highest BCUT2D eigenvalue weighted by Gasteiger charge is 2.21. The van der Waals surface area contributed by atoms with Crippen molar-refractivity contribution in [1.82, 2.24) is 0 Å². The van der Waals surface area contributed by atoms with E-state index in [0.717, 1.165) is 21.8 Å². The molecular weight excluding hydrogens is 374 g/mol. The Bertz CT molecular complexity index is 896. The second-order valence-electron chi connectivity index (χ2n) is 6.14. The first-order valence-electron chi connectivity index (χ1n) is 7.89. The predicted octanol–water partition coefficient (Wildman–Crippen LogP) is 3.12. The van der Waals surface area contributed by atoms with Crippen LogP contribution in [0.25, 0.3) is 0 Å². The molecule has 0 aromatic heterocycles. The van der Waals surface area contributed by atoms with E-state index in [4.69, 9.17) is 11.6 Å². The molecule has 8 heteroatoms. The molecule has 0 saturated heterocycles. The fraction of sp³-hybridized carbons (Fsp3) is 0.278. The Hall–Kier alpha value is -2.25. The third-order valence-corrected chi connectivity index (χ3v) is 5.43. The van der Waals surface area contributed by atoms with Crippen molar-refractivity contribution in [2.45, 2.75) is 6.92 Å². The fourth-order valence-electron chi connectivity index (χ4n) is 2.38. The summed E-state index contributed by atoms with van der Waals surface area (Å²) in [7, 11) is 0.162. The van der Waals surface area contributed by atoms with Crippen molar-refractivity contribution in [2.75, 3.05) is 41.4 Å². The number of hydrogen-bond donors (Lipinski definition) is 1. The summed E-state index contributed by atoms with van der Waals surface area (Å²) in [4.78, 5) is 14.3. The maximum Gasteiger partial charge on any atom is 0.245 e. The van der Waals surface area contributed by atoms with E-state index in [-0.39, 0.29) is 6.54 Å². The summed E-state index contributed by atoms with van der Waals surface area (Å²) >= 11 is 6.05. The van der Waals surface area contributed by atoms with Crippen LogP contribution in [-0.4, -0.2) is 41.2 Å². The third-order valence-electron chi connectivity index (χ3n) is 3.88. The molecule has 1 amide bonds. The van der Waals surface area contributed by atoms with Crippen LogP contribution in [0.3, 0.4) is 0 Å². The first-order valence-corrected chi connectivity index (χ1v) is 10.1. The van der Waals surface area contributed by atoms with Crippen LogP contribution in [0.5, 0.6) is 0 Å². The average molecular weight is 396 g/mol. The Kier molecular flexibility index (Phi) is 6.15. The standard InChI is InChI=1S/C18H22ClN3O3S/c1-13-16(19)6-5-7-17(13)20-18(23)12-22(26(4,24)25)15-10-8-14(9-11-15)21(2)3/h5-11H,12H2,1-4H3,(H,20,23). The largest absolute Gasteiger partial charge is 0.378 e. The highest BCUT2D eigenvalue weighted by molar-refractivity contribution is 7.92. The molecule has 2 aromatic rings. The molecule has 0 fully saturated rings. The number of nitrogens with zero attached hydrogens (tertiary/aromatic N) is 2. The lowest BCUT2D eigenvalue weighted by Gasteiger charge is -2.23. The van der Waals surface area contributed by atoms with Gasteiger partial charge in [-0.15, -0.1) is 0 Å². The number of nitrogens with one attached hydrogen (secondary N) is 1. The van der Waals surface area contributed by atoms with Crippen LogP contribution in [0.4, 0.5) is 17.1 Å². The summed E-state index contributed by atoms with van der Waals surface area (Å²) in [5.41, 5.74) is 2.64. The molecule has 0 unspecified atom stereocenters. The summed E-state index contributed by atoms with van der Waals surface area (Å²) in [6.45, 7) is 1.46. The van der Waals surface area contributed by atoms with Crippen molar-refractivity contribution >= 4 is 44.6 Å². The number of anilines is 3. The highest BCUT2D eigenvalue weighted by Crippen LogP contribution is 2.24. The molecule has 140 valence electrons. The van der Waals surface area contributed by atoms with Gasteiger partial charge in [0.2, 0.25) is 15.9 Å². The van der Waals surface area contributed by atoms with Crippen LogP contribution >= 0.6 is 11.6 Å². The van der Waals surface area contributed by atoms with Gasteiger partial charge in [-0.05, 0) is 48.9 Å². The van der Waals surface area contributed by atoms with Gasteiger partial charge in [0, 0.05) is 30.5 Å². The van der Waals surface area contributed by atoms with Gasteiger partial charge in [-0.25, -0.2) is 8.42 Å². The number of benzene rings is 2. The van der Waals surface area contributed by atoms with Gasteiger partial charge in [0.05, 0.1) is 11.9 Å².